The van der Waals surface area contributed by atoms with Crippen molar-refractivity contribution in [2.24, 2.45) is 0 Å². The van der Waals surface area contributed by atoms with Gasteiger partial charge in [-0.3, -0.25) is 23.8 Å². The highest BCUT2D eigenvalue weighted by Gasteiger charge is 2.41. The van der Waals surface area contributed by atoms with Crippen LogP contribution in [0, 0.1) is 6.92 Å². The first-order valence-electron chi connectivity index (χ1n) is 14.4. The molecule has 4 heterocycles. The number of aryl methyl sites for hydroxylation is 1. The van der Waals surface area contributed by atoms with Crippen LogP contribution in [0.15, 0.2) is 52.3 Å². The Balaban J connectivity index is 1.32. The molecule has 0 amide bonds. The molecule has 1 aliphatic heterocycles. The summed E-state index contributed by atoms with van der Waals surface area (Å²) in [6, 6.07) is 8.33. The van der Waals surface area contributed by atoms with Crippen molar-refractivity contribution in [2.75, 3.05) is 26.3 Å². The van der Waals surface area contributed by atoms with E-state index in [0.717, 1.165) is 89.5 Å². The van der Waals surface area contributed by atoms with Crippen molar-refractivity contribution in [3.05, 3.63) is 79.0 Å². The minimum atomic E-state index is -4.60. The van der Waals surface area contributed by atoms with Gasteiger partial charge in [-0.15, -0.1) is 11.3 Å². The lowest BCUT2D eigenvalue weighted by Crippen LogP contribution is -2.50. The molecule has 8 nitrogen and oxygen atoms in total. The number of nitrogens with zero attached hydrogens (tertiary/aromatic N) is 4. The summed E-state index contributed by atoms with van der Waals surface area (Å²) < 4.78 is 53.4. The lowest BCUT2D eigenvalue weighted by atomic mass is 9.97. The van der Waals surface area contributed by atoms with Crippen molar-refractivity contribution in [1.29, 1.82) is 0 Å². The van der Waals surface area contributed by atoms with Crippen LogP contribution in [0.25, 0.3) is 21.3 Å². The van der Waals surface area contributed by atoms with Crippen molar-refractivity contribution < 1.29 is 22.6 Å². The first-order valence-corrected chi connectivity index (χ1v) is 15.6. The zero-order chi connectivity index (χ0) is 31.2. The molecule has 2 fully saturated rings. The number of rotatable bonds is 7. The molecule has 0 N–H and O–H groups in total. The number of halogens is 4. The summed E-state index contributed by atoms with van der Waals surface area (Å²) in [5, 5.41) is 0.553. The highest BCUT2D eigenvalue weighted by Crippen LogP contribution is 2.44. The van der Waals surface area contributed by atoms with Gasteiger partial charge in [0.05, 0.1) is 30.0 Å². The van der Waals surface area contributed by atoms with E-state index in [1.165, 1.54) is 11.3 Å². The average molecular weight is 649 g/mol. The number of aromatic nitrogens is 3. The van der Waals surface area contributed by atoms with E-state index in [1.54, 1.807) is 12.3 Å². The molecule has 44 heavy (non-hydrogen) atoms. The molecule has 0 spiro atoms. The Bertz CT molecular complexity index is 1810. The molecule has 1 aliphatic carbocycles. The van der Waals surface area contributed by atoms with E-state index in [1.807, 2.05) is 25.1 Å². The smallest absolute Gasteiger partial charge is 0.406 e. The number of fused-ring (bicyclic) bond motifs is 1. The summed E-state index contributed by atoms with van der Waals surface area (Å²) in [5.41, 5.74) is 1.50. The number of ether oxygens (including phenoxy) is 2. The van der Waals surface area contributed by atoms with Crippen LogP contribution >= 0.6 is 22.9 Å². The molecule has 2 aliphatic rings. The van der Waals surface area contributed by atoms with Gasteiger partial charge < -0.3 is 9.47 Å². The SMILES string of the molecule is Cc1cc(Cl)cc(-c2ccnc3cc(Cn4c(=O)ccn(CC(F)(F)F)c4=O)sc23)c1O[C@H]1CC[C@](C)(N2CCOCC2)C1. The third kappa shape index (κ3) is 6.30. The van der Waals surface area contributed by atoms with Crippen LogP contribution in [0.5, 0.6) is 5.75 Å². The van der Waals surface area contributed by atoms with Gasteiger partial charge in [0.1, 0.15) is 18.4 Å². The first kappa shape index (κ1) is 30.8. The Kier molecular flexibility index (Phi) is 8.38. The number of pyridine rings is 1. The van der Waals surface area contributed by atoms with Crippen LogP contribution in [0.4, 0.5) is 13.2 Å². The molecule has 13 heteroatoms. The van der Waals surface area contributed by atoms with Gasteiger partial charge >= 0.3 is 11.9 Å². The minimum Gasteiger partial charge on any atom is -0.489 e. The van der Waals surface area contributed by atoms with Gasteiger partial charge in [-0.25, -0.2) is 4.79 Å². The van der Waals surface area contributed by atoms with Gasteiger partial charge in [-0.1, -0.05) is 11.6 Å². The first-order chi connectivity index (χ1) is 20.9. The number of hydrogen-bond acceptors (Lipinski definition) is 7. The van der Waals surface area contributed by atoms with Gasteiger partial charge in [0, 0.05) is 64.5 Å². The van der Waals surface area contributed by atoms with E-state index < -0.39 is 24.0 Å². The van der Waals surface area contributed by atoms with Gasteiger partial charge in [-0.2, -0.15) is 13.2 Å². The number of hydrogen-bond donors (Lipinski definition) is 0. The second-order valence-electron chi connectivity index (χ2n) is 11.7. The summed E-state index contributed by atoms with van der Waals surface area (Å²) in [6.45, 7) is 5.91. The molecular weight excluding hydrogens is 617 g/mol. The Labute approximate surface area is 260 Å². The highest BCUT2D eigenvalue weighted by molar-refractivity contribution is 7.19. The summed E-state index contributed by atoms with van der Waals surface area (Å²) in [6.07, 6.45) is 0.790. The Morgan fingerprint density at radius 2 is 1.93 bits per heavy atom. The molecule has 1 saturated carbocycles. The summed E-state index contributed by atoms with van der Waals surface area (Å²) >= 11 is 7.88. The van der Waals surface area contributed by atoms with Crippen molar-refractivity contribution in [3.63, 3.8) is 0 Å². The maximum atomic E-state index is 13.0. The van der Waals surface area contributed by atoms with E-state index >= 15 is 0 Å². The van der Waals surface area contributed by atoms with Crippen molar-refractivity contribution >= 4 is 33.2 Å². The molecule has 234 valence electrons. The second-order valence-corrected chi connectivity index (χ2v) is 13.3. The average Bonchev–Trinajstić information content (AvgIpc) is 3.57. The third-order valence-electron chi connectivity index (χ3n) is 8.53. The zero-order valence-corrected chi connectivity index (χ0v) is 25.9. The number of alkyl halides is 3. The van der Waals surface area contributed by atoms with Gasteiger partial charge in [0.25, 0.3) is 5.56 Å². The molecule has 3 aromatic heterocycles. The van der Waals surface area contributed by atoms with Crippen molar-refractivity contribution in [3.8, 4) is 16.9 Å². The van der Waals surface area contributed by atoms with Crippen molar-refractivity contribution in [1.82, 2.24) is 19.0 Å². The van der Waals surface area contributed by atoms with Gasteiger partial charge in [0.15, 0.2) is 0 Å². The van der Waals surface area contributed by atoms with E-state index in [-0.39, 0.29) is 18.2 Å². The molecule has 2 atom stereocenters. The van der Waals surface area contributed by atoms with Crippen LogP contribution in [0.2, 0.25) is 5.02 Å². The van der Waals surface area contributed by atoms with E-state index in [0.29, 0.717) is 20.0 Å². The van der Waals surface area contributed by atoms with Crippen LogP contribution in [0.1, 0.15) is 36.6 Å². The summed E-state index contributed by atoms with van der Waals surface area (Å²) in [4.78, 5) is 32.9. The van der Waals surface area contributed by atoms with Crippen LogP contribution in [-0.4, -0.2) is 63.1 Å². The van der Waals surface area contributed by atoms with E-state index in [2.05, 4.69) is 16.8 Å². The van der Waals surface area contributed by atoms with E-state index in [4.69, 9.17) is 21.1 Å². The number of benzene rings is 1. The fraction of sp³-hybridized carbons (Fsp3) is 0.452. The maximum absolute atomic E-state index is 13.0. The zero-order valence-electron chi connectivity index (χ0n) is 24.3. The quantitative estimate of drug-likeness (QED) is 0.249. The Hall–Kier alpha value is -3.19. The van der Waals surface area contributed by atoms with Crippen LogP contribution in [-0.2, 0) is 17.8 Å². The molecule has 0 radical (unpaired) electrons. The number of thiophene rings is 1. The fourth-order valence-electron chi connectivity index (χ4n) is 6.36. The summed E-state index contributed by atoms with van der Waals surface area (Å²) in [5.74, 6) is 0.738. The largest absolute Gasteiger partial charge is 0.489 e. The normalized spacial score (nSPS) is 21.3. The monoisotopic (exact) mass is 648 g/mol. The molecule has 6 rings (SSSR count). The lowest BCUT2D eigenvalue weighted by Gasteiger charge is -2.40. The number of morpholine rings is 1. The highest BCUT2D eigenvalue weighted by atomic mass is 35.5. The standard InChI is InChI=1S/C31H32ClF3N4O4S/c1-19-13-20(32)14-24(27(19)43-21-3-6-30(2,16-21)38-9-11-42-12-10-38)23-4-7-36-25-15-22(44-28(23)25)17-39-26(40)5-8-37(29(39)41)18-31(33,34)35/h4-5,7-8,13-15,21H,3,6,9-12,16-18H2,1-2H3/t21-,30-/m0/s1. The Morgan fingerprint density at radius 3 is 2.68 bits per heavy atom. The van der Waals surface area contributed by atoms with Crippen LogP contribution < -0.4 is 16.0 Å². The van der Waals surface area contributed by atoms with E-state index in [9.17, 15) is 22.8 Å². The lowest BCUT2D eigenvalue weighted by molar-refractivity contribution is -0.141. The van der Waals surface area contributed by atoms with Gasteiger partial charge in [-0.05, 0) is 56.5 Å². The molecule has 0 unspecified atom stereocenters. The minimum absolute atomic E-state index is 0.0153. The molecule has 4 aromatic rings. The maximum Gasteiger partial charge on any atom is 0.406 e. The fourth-order valence-corrected chi connectivity index (χ4v) is 7.76. The molecule has 1 aromatic carbocycles. The topological polar surface area (TPSA) is 78.6 Å². The molecular formula is C31H32ClF3N4O4S. The van der Waals surface area contributed by atoms with Gasteiger partial charge in [0.2, 0.25) is 0 Å². The second kappa shape index (κ2) is 12.0. The Morgan fingerprint density at radius 1 is 1.16 bits per heavy atom. The predicted molar refractivity (Wildman–Crippen MR) is 164 cm³/mol. The molecule has 1 saturated heterocycles. The predicted octanol–water partition coefficient (Wildman–Crippen LogP) is 5.88. The third-order valence-corrected chi connectivity index (χ3v) is 9.89. The van der Waals surface area contributed by atoms with Crippen LogP contribution in [0.3, 0.4) is 0 Å². The molecule has 0 bridgehead atoms. The van der Waals surface area contributed by atoms with Crippen molar-refractivity contribution in [2.45, 2.75) is 64.0 Å². The summed E-state index contributed by atoms with van der Waals surface area (Å²) in [7, 11) is 0.